The molecule has 0 aliphatic carbocycles. The van der Waals surface area contributed by atoms with Crippen LogP contribution in [0, 0.1) is 0 Å². The first-order valence-electron chi connectivity index (χ1n) is 8.87. The Hall–Kier alpha value is -1.04. The summed E-state index contributed by atoms with van der Waals surface area (Å²) in [6, 6.07) is 5.54. The molecule has 8 nitrogen and oxygen atoms in total. The molecule has 0 saturated carbocycles. The molecule has 1 aromatic carbocycles. The highest BCUT2D eigenvalue weighted by Crippen LogP contribution is 2.21. The SMILES string of the molecule is CC[NH+]1CCN(S(=O)(=O)c2ccc(S(=O)(=O)N3CCOCC3)cc2)CC1. The minimum Gasteiger partial charge on any atom is -0.379 e. The quantitative estimate of drug-likeness (QED) is 0.653. The molecule has 0 atom stereocenters. The van der Waals surface area contributed by atoms with Gasteiger partial charge in [0.1, 0.15) is 0 Å². The van der Waals surface area contributed by atoms with Crippen molar-refractivity contribution in [2.75, 3.05) is 59.0 Å². The Labute approximate surface area is 155 Å². The summed E-state index contributed by atoms with van der Waals surface area (Å²) in [6.07, 6.45) is 0. The zero-order valence-corrected chi connectivity index (χ0v) is 16.6. The van der Waals surface area contributed by atoms with Gasteiger partial charge < -0.3 is 9.64 Å². The Kier molecular flexibility index (Phi) is 6.00. The number of benzene rings is 1. The highest BCUT2D eigenvalue weighted by atomic mass is 32.2. The smallest absolute Gasteiger partial charge is 0.243 e. The minimum atomic E-state index is -3.62. The molecule has 2 aliphatic rings. The molecule has 2 saturated heterocycles. The minimum absolute atomic E-state index is 0.110. The average Bonchev–Trinajstić information content (AvgIpc) is 2.69. The number of rotatable bonds is 5. The highest BCUT2D eigenvalue weighted by molar-refractivity contribution is 7.89. The van der Waals surface area contributed by atoms with Crippen molar-refractivity contribution >= 4 is 20.0 Å². The van der Waals surface area contributed by atoms with Gasteiger partial charge in [-0.15, -0.1) is 0 Å². The van der Waals surface area contributed by atoms with Crippen molar-refractivity contribution in [1.29, 1.82) is 0 Å². The Morgan fingerprint density at radius 1 is 0.846 bits per heavy atom. The third kappa shape index (κ3) is 3.95. The van der Waals surface area contributed by atoms with Crippen molar-refractivity contribution in [2.24, 2.45) is 0 Å². The lowest BCUT2D eigenvalue weighted by Gasteiger charge is -2.31. The average molecular weight is 405 g/mol. The Morgan fingerprint density at radius 2 is 1.27 bits per heavy atom. The topological polar surface area (TPSA) is 88.4 Å². The van der Waals surface area contributed by atoms with Crippen molar-refractivity contribution < 1.29 is 26.5 Å². The van der Waals surface area contributed by atoms with E-state index >= 15 is 0 Å². The van der Waals surface area contributed by atoms with Crippen LogP contribution >= 0.6 is 0 Å². The second-order valence-electron chi connectivity index (χ2n) is 6.50. The van der Waals surface area contributed by atoms with E-state index in [9.17, 15) is 16.8 Å². The van der Waals surface area contributed by atoms with Crippen LogP contribution in [-0.4, -0.2) is 84.5 Å². The van der Waals surface area contributed by atoms with Crippen LogP contribution in [0.2, 0.25) is 0 Å². The molecule has 1 aromatic rings. The maximum atomic E-state index is 12.8. The number of piperazine rings is 1. The van der Waals surface area contributed by atoms with Crippen LogP contribution in [0.15, 0.2) is 34.1 Å². The van der Waals surface area contributed by atoms with Crippen LogP contribution in [0.1, 0.15) is 6.92 Å². The number of hydrogen-bond acceptors (Lipinski definition) is 5. The van der Waals surface area contributed by atoms with E-state index < -0.39 is 20.0 Å². The van der Waals surface area contributed by atoms with E-state index in [1.165, 1.54) is 37.8 Å². The van der Waals surface area contributed by atoms with E-state index in [1.807, 2.05) is 0 Å². The van der Waals surface area contributed by atoms with E-state index in [0.717, 1.165) is 19.6 Å². The molecule has 2 heterocycles. The van der Waals surface area contributed by atoms with Crippen molar-refractivity contribution in [3.05, 3.63) is 24.3 Å². The molecule has 10 heteroatoms. The lowest BCUT2D eigenvalue weighted by molar-refractivity contribution is -0.901. The molecule has 0 unspecified atom stereocenters. The normalized spacial score (nSPS) is 21.7. The number of hydrogen-bond donors (Lipinski definition) is 1. The van der Waals surface area contributed by atoms with Gasteiger partial charge in [-0.05, 0) is 31.2 Å². The summed E-state index contributed by atoms with van der Waals surface area (Å²) in [5.41, 5.74) is 0. The predicted octanol–water partition coefficient (Wildman–Crippen LogP) is -1.38. The molecule has 146 valence electrons. The number of likely N-dealkylation sites (N-methyl/N-ethyl adjacent to an activating group) is 1. The number of sulfonamides is 2. The molecule has 0 radical (unpaired) electrons. The van der Waals surface area contributed by atoms with E-state index in [-0.39, 0.29) is 9.79 Å². The summed E-state index contributed by atoms with van der Waals surface area (Å²) >= 11 is 0. The molecule has 1 N–H and O–H groups in total. The van der Waals surface area contributed by atoms with E-state index in [1.54, 1.807) is 0 Å². The largest absolute Gasteiger partial charge is 0.379 e. The number of morpholine rings is 1. The van der Waals surface area contributed by atoms with Gasteiger partial charge in [0.2, 0.25) is 20.0 Å². The lowest BCUT2D eigenvalue weighted by atomic mass is 10.4. The fraction of sp³-hybridized carbons (Fsp3) is 0.625. The lowest BCUT2D eigenvalue weighted by Crippen LogP contribution is -3.14. The van der Waals surface area contributed by atoms with Crippen molar-refractivity contribution in [2.45, 2.75) is 16.7 Å². The molecule has 2 aliphatic heterocycles. The number of quaternary nitrogens is 1. The van der Waals surface area contributed by atoms with Gasteiger partial charge >= 0.3 is 0 Å². The molecule has 0 amide bonds. The molecule has 3 rings (SSSR count). The zero-order chi connectivity index (χ0) is 18.8. The van der Waals surface area contributed by atoms with Gasteiger partial charge in [-0.1, -0.05) is 0 Å². The van der Waals surface area contributed by atoms with Crippen molar-refractivity contribution in [1.82, 2.24) is 8.61 Å². The molecular weight excluding hydrogens is 378 g/mol. The fourth-order valence-electron chi connectivity index (χ4n) is 3.27. The Bertz CT molecular complexity index is 810. The molecule has 0 spiro atoms. The third-order valence-corrected chi connectivity index (χ3v) is 8.82. The van der Waals surface area contributed by atoms with Gasteiger partial charge in [-0.2, -0.15) is 8.61 Å². The molecule has 26 heavy (non-hydrogen) atoms. The number of ether oxygens (including phenoxy) is 1. The first-order chi connectivity index (χ1) is 12.4. The fourth-order valence-corrected chi connectivity index (χ4v) is 6.11. The molecular formula is C16H26N3O5S2+. The summed E-state index contributed by atoms with van der Waals surface area (Å²) in [5, 5.41) is 0. The highest BCUT2D eigenvalue weighted by Gasteiger charge is 2.31. The molecule has 0 bridgehead atoms. The number of nitrogens with one attached hydrogen (secondary N) is 1. The molecule has 2 fully saturated rings. The van der Waals surface area contributed by atoms with Crippen LogP contribution in [0.3, 0.4) is 0 Å². The summed E-state index contributed by atoms with van der Waals surface area (Å²) in [6.45, 7) is 7.00. The first-order valence-corrected chi connectivity index (χ1v) is 11.8. The summed E-state index contributed by atoms with van der Waals surface area (Å²) < 4.78 is 58.9. The van der Waals surface area contributed by atoms with Gasteiger partial charge in [-0.3, -0.25) is 0 Å². The van der Waals surface area contributed by atoms with Crippen LogP contribution in [0.4, 0.5) is 0 Å². The maximum Gasteiger partial charge on any atom is 0.243 e. The van der Waals surface area contributed by atoms with Gasteiger partial charge in [-0.25, -0.2) is 16.8 Å². The standard InChI is InChI=1S/C16H25N3O5S2/c1-2-17-7-9-18(10-8-17)25(20,21)15-3-5-16(6-4-15)26(22,23)19-11-13-24-14-12-19/h3-6H,2,7-14H2,1H3/p+1. The van der Waals surface area contributed by atoms with Crippen molar-refractivity contribution in [3.63, 3.8) is 0 Å². The first kappa shape index (κ1) is 19.7. The van der Waals surface area contributed by atoms with Crippen molar-refractivity contribution in [3.8, 4) is 0 Å². The van der Waals surface area contributed by atoms with Crippen LogP contribution in [0.25, 0.3) is 0 Å². The molecule has 0 aromatic heterocycles. The monoisotopic (exact) mass is 404 g/mol. The van der Waals surface area contributed by atoms with E-state index in [4.69, 9.17) is 4.74 Å². The summed E-state index contributed by atoms with van der Waals surface area (Å²) in [7, 11) is -7.21. The van der Waals surface area contributed by atoms with E-state index in [2.05, 4.69) is 6.92 Å². The van der Waals surface area contributed by atoms with Crippen LogP contribution < -0.4 is 4.90 Å². The zero-order valence-electron chi connectivity index (χ0n) is 14.9. The van der Waals surface area contributed by atoms with Crippen LogP contribution in [-0.2, 0) is 24.8 Å². The van der Waals surface area contributed by atoms with Crippen LogP contribution in [0.5, 0.6) is 0 Å². The Morgan fingerprint density at radius 3 is 1.69 bits per heavy atom. The second-order valence-corrected chi connectivity index (χ2v) is 10.4. The number of nitrogens with zero attached hydrogens (tertiary/aromatic N) is 2. The van der Waals surface area contributed by atoms with Gasteiger partial charge in [0.05, 0.1) is 55.7 Å². The second kappa shape index (κ2) is 7.91. The summed E-state index contributed by atoms with van der Waals surface area (Å²) in [5.74, 6) is 0. The third-order valence-electron chi connectivity index (χ3n) is 5.00. The summed E-state index contributed by atoms with van der Waals surface area (Å²) in [4.78, 5) is 1.64. The predicted molar refractivity (Wildman–Crippen MR) is 96.0 cm³/mol. The maximum absolute atomic E-state index is 12.8. The van der Waals surface area contributed by atoms with Gasteiger partial charge in [0.25, 0.3) is 0 Å². The Balaban J connectivity index is 1.76. The van der Waals surface area contributed by atoms with E-state index in [0.29, 0.717) is 39.4 Å². The van der Waals surface area contributed by atoms with Gasteiger partial charge in [0.15, 0.2) is 0 Å². The van der Waals surface area contributed by atoms with Gasteiger partial charge in [0, 0.05) is 13.1 Å².